The van der Waals surface area contributed by atoms with Crippen molar-refractivity contribution < 1.29 is 14.3 Å². The van der Waals surface area contributed by atoms with Crippen LogP contribution < -0.4 is 5.32 Å². The molecular formula is C15H19NO3. The topological polar surface area (TPSA) is 55.4 Å². The van der Waals surface area contributed by atoms with Crippen LogP contribution in [0, 0.1) is 0 Å². The van der Waals surface area contributed by atoms with Crippen molar-refractivity contribution in [1.82, 2.24) is 5.32 Å². The van der Waals surface area contributed by atoms with Crippen LogP contribution in [-0.4, -0.2) is 18.5 Å². The van der Waals surface area contributed by atoms with Crippen LogP contribution in [0.2, 0.25) is 0 Å². The highest BCUT2D eigenvalue weighted by Crippen LogP contribution is 2.03. The van der Waals surface area contributed by atoms with Gasteiger partial charge in [0.25, 0.3) is 5.91 Å². The van der Waals surface area contributed by atoms with E-state index in [9.17, 15) is 9.59 Å². The molecule has 0 spiro atoms. The summed E-state index contributed by atoms with van der Waals surface area (Å²) >= 11 is 0. The first-order valence-electron chi connectivity index (χ1n) is 6.38. The Morgan fingerprint density at radius 2 is 1.89 bits per heavy atom. The molecule has 0 heterocycles. The van der Waals surface area contributed by atoms with Crippen molar-refractivity contribution >= 4 is 11.9 Å². The fourth-order valence-corrected chi connectivity index (χ4v) is 1.56. The van der Waals surface area contributed by atoms with Gasteiger partial charge in [0.1, 0.15) is 5.57 Å². The number of rotatable bonds is 6. The van der Waals surface area contributed by atoms with Crippen molar-refractivity contribution in [2.45, 2.75) is 26.8 Å². The smallest absolute Gasteiger partial charge is 0.343 e. The molecule has 0 aromatic heterocycles. The maximum absolute atomic E-state index is 11.9. The van der Waals surface area contributed by atoms with E-state index in [0.717, 1.165) is 5.56 Å². The van der Waals surface area contributed by atoms with Gasteiger partial charge in [0.15, 0.2) is 0 Å². The lowest BCUT2D eigenvalue weighted by Crippen LogP contribution is -2.29. The zero-order valence-electron chi connectivity index (χ0n) is 11.3. The minimum atomic E-state index is -0.574. The monoisotopic (exact) mass is 261 g/mol. The quantitative estimate of drug-likeness (QED) is 0.370. The predicted molar refractivity (Wildman–Crippen MR) is 73.3 cm³/mol. The highest BCUT2D eigenvalue weighted by molar-refractivity contribution is 6.16. The highest BCUT2D eigenvalue weighted by Gasteiger charge is 2.18. The van der Waals surface area contributed by atoms with Gasteiger partial charge < -0.3 is 10.1 Å². The number of hydrogen-bond acceptors (Lipinski definition) is 3. The van der Waals surface area contributed by atoms with Gasteiger partial charge in [-0.1, -0.05) is 43.3 Å². The van der Waals surface area contributed by atoms with Crippen molar-refractivity contribution in [3.8, 4) is 0 Å². The third-order valence-electron chi connectivity index (χ3n) is 2.44. The van der Waals surface area contributed by atoms with Crippen LogP contribution >= 0.6 is 0 Å². The Morgan fingerprint density at radius 3 is 2.47 bits per heavy atom. The van der Waals surface area contributed by atoms with Crippen molar-refractivity contribution in [1.29, 1.82) is 0 Å². The molecule has 0 aliphatic rings. The SMILES string of the molecule is CC/C=C(\C(=O)NCc1ccccc1)C(=O)OCC. The normalized spacial score (nSPS) is 10.9. The number of carbonyl (C=O) groups is 2. The second kappa shape index (κ2) is 8.08. The average molecular weight is 261 g/mol. The first-order chi connectivity index (χ1) is 9.19. The second-order valence-corrected chi connectivity index (χ2v) is 3.91. The van der Waals surface area contributed by atoms with E-state index in [1.807, 2.05) is 37.3 Å². The van der Waals surface area contributed by atoms with E-state index in [1.54, 1.807) is 13.0 Å². The number of carbonyl (C=O) groups excluding carboxylic acids is 2. The van der Waals surface area contributed by atoms with Crippen molar-refractivity contribution in [2.24, 2.45) is 0 Å². The highest BCUT2D eigenvalue weighted by atomic mass is 16.5. The summed E-state index contributed by atoms with van der Waals surface area (Å²) < 4.78 is 4.86. The molecule has 1 aromatic rings. The molecule has 4 nitrogen and oxygen atoms in total. The molecule has 0 unspecified atom stereocenters. The minimum Gasteiger partial charge on any atom is -0.462 e. The van der Waals surface area contributed by atoms with E-state index in [0.29, 0.717) is 13.0 Å². The van der Waals surface area contributed by atoms with E-state index in [2.05, 4.69) is 5.32 Å². The van der Waals surface area contributed by atoms with Crippen LogP contribution in [0.5, 0.6) is 0 Å². The van der Waals surface area contributed by atoms with Crippen LogP contribution in [0.25, 0.3) is 0 Å². The summed E-state index contributed by atoms with van der Waals surface area (Å²) in [4.78, 5) is 23.6. The number of esters is 1. The number of amides is 1. The van der Waals surface area contributed by atoms with E-state index in [1.165, 1.54) is 0 Å². The Morgan fingerprint density at radius 1 is 1.21 bits per heavy atom. The van der Waals surface area contributed by atoms with Gasteiger partial charge in [0.2, 0.25) is 0 Å². The molecule has 1 aromatic carbocycles. The van der Waals surface area contributed by atoms with E-state index >= 15 is 0 Å². The number of nitrogens with one attached hydrogen (secondary N) is 1. The molecular weight excluding hydrogens is 242 g/mol. The van der Waals surface area contributed by atoms with Gasteiger partial charge in [-0.15, -0.1) is 0 Å². The third-order valence-corrected chi connectivity index (χ3v) is 2.44. The predicted octanol–water partition coefficient (Wildman–Crippen LogP) is 2.20. The molecule has 0 fully saturated rings. The molecule has 1 rings (SSSR count). The molecule has 1 amide bonds. The third kappa shape index (κ3) is 4.95. The summed E-state index contributed by atoms with van der Waals surface area (Å²) in [6.07, 6.45) is 2.19. The molecule has 0 radical (unpaired) electrons. The van der Waals surface area contributed by atoms with Gasteiger partial charge in [-0.3, -0.25) is 4.79 Å². The Labute approximate surface area is 113 Å². The summed E-state index contributed by atoms with van der Waals surface area (Å²) in [5.41, 5.74) is 1.05. The van der Waals surface area contributed by atoms with E-state index in [4.69, 9.17) is 4.74 Å². The maximum Gasteiger partial charge on any atom is 0.343 e. The van der Waals surface area contributed by atoms with Gasteiger partial charge in [0, 0.05) is 6.54 Å². The van der Waals surface area contributed by atoms with Gasteiger partial charge in [-0.25, -0.2) is 4.79 Å². The summed E-state index contributed by atoms with van der Waals surface area (Å²) in [6.45, 7) is 4.22. The van der Waals surface area contributed by atoms with Crippen LogP contribution in [-0.2, 0) is 20.9 Å². The molecule has 4 heteroatoms. The minimum absolute atomic E-state index is 0.0697. The summed E-state index contributed by atoms with van der Waals surface area (Å²) in [7, 11) is 0. The van der Waals surface area contributed by atoms with E-state index < -0.39 is 11.9 Å². The van der Waals surface area contributed by atoms with Crippen molar-refractivity contribution in [2.75, 3.05) is 6.61 Å². The lowest BCUT2D eigenvalue weighted by molar-refractivity contribution is -0.140. The first-order valence-corrected chi connectivity index (χ1v) is 6.38. The van der Waals surface area contributed by atoms with Gasteiger partial charge in [-0.05, 0) is 18.9 Å². The van der Waals surface area contributed by atoms with Gasteiger partial charge in [-0.2, -0.15) is 0 Å². The van der Waals surface area contributed by atoms with E-state index in [-0.39, 0.29) is 12.2 Å². The molecule has 0 atom stereocenters. The molecule has 1 N–H and O–H groups in total. The first kappa shape index (κ1) is 15.0. The number of ether oxygens (including phenoxy) is 1. The van der Waals surface area contributed by atoms with Crippen LogP contribution in [0.15, 0.2) is 42.0 Å². The largest absolute Gasteiger partial charge is 0.462 e. The second-order valence-electron chi connectivity index (χ2n) is 3.91. The van der Waals surface area contributed by atoms with Crippen LogP contribution in [0.4, 0.5) is 0 Å². The fourth-order valence-electron chi connectivity index (χ4n) is 1.56. The maximum atomic E-state index is 11.9. The van der Waals surface area contributed by atoms with Crippen LogP contribution in [0.1, 0.15) is 25.8 Å². The molecule has 19 heavy (non-hydrogen) atoms. The number of benzene rings is 1. The molecule has 0 aliphatic heterocycles. The van der Waals surface area contributed by atoms with Crippen molar-refractivity contribution in [3.63, 3.8) is 0 Å². The summed E-state index contributed by atoms with van der Waals surface area (Å²) in [5, 5.41) is 2.72. The average Bonchev–Trinajstić information content (AvgIpc) is 2.43. The van der Waals surface area contributed by atoms with Crippen LogP contribution in [0.3, 0.4) is 0 Å². The summed E-state index contributed by atoms with van der Waals surface area (Å²) in [6, 6.07) is 9.53. The Bertz CT molecular complexity index is 452. The Hall–Kier alpha value is -2.10. The molecule has 0 saturated heterocycles. The number of allylic oxidation sites excluding steroid dienone is 1. The Kier molecular flexibility index (Phi) is 6.36. The lowest BCUT2D eigenvalue weighted by Gasteiger charge is -2.08. The zero-order valence-corrected chi connectivity index (χ0v) is 11.3. The molecule has 102 valence electrons. The van der Waals surface area contributed by atoms with Crippen molar-refractivity contribution in [3.05, 3.63) is 47.5 Å². The molecule has 0 saturated carbocycles. The molecule has 0 aliphatic carbocycles. The summed E-state index contributed by atoms with van der Waals surface area (Å²) in [5.74, 6) is -0.973. The standard InChI is InChI=1S/C15H19NO3/c1-3-8-13(15(18)19-4-2)14(17)16-11-12-9-6-5-7-10-12/h5-10H,3-4,11H2,1-2H3,(H,16,17)/b13-8+. The van der Waals surface area contributed by atoms with Gasteiger partial charge in [0.05, 0.1) is 6.61 Å². The fraction of sp³-hybridized carbons (Fsp3) is 0.333. The lowest BCUT2D eigenvalue weighted by atomic mass is 10.2. The Balaban J connectivity index is 2.63. The number of hydrogen-bond donors (Lipinski definition) is 1. The zero-order chi connectivity index (χ0) is 14.1. The molecule has 0 bridgehead atoms. The van der Waals surface area contributed by atoms with Gasteiger partial charge >= 0.3 is 5.97 Å².